The number of benzene rings is 1. The quantitative estimate of drug-likeness (QED) is 0.439. The van der Waals surface area contributed by atoms with Crippen molar-refractivity contribution < 1.29 is 14.3 Å². The Balaban J connectivity index is 2.56. The van der Waals surface area contributed by atoms with Crippen LogP contribution in [0.15, 0.2) is 12.1 Å². The Morgan fingerprint density at radius 2 is 1.55 bits per heavy atom. The molecule has 0 heterocycles. The molecule has 3 nitrogen and oxygen atoms in total. The fraction of sp³-hybridized carbons (Fsp3) is 0.632. The maximum atomic E-state index is 11.9. The molecular weight excluding hydrogens is 276 g/mol. The van der Waals surface area contributed by atoms with Gasteiger partial charge >= 0.3 is 5.97 Å². The van der Waals surface area contributed by atoms with Crippen LogP contribution in [0.4, 0.5) is 0 Å². The molecule has 0 amide bonds. The molecule has 0 aliphatic rings. The molecule has 22 heavy (non-hydrogen) atoms. The van der Waals surface area contributed by atoms with Gasteiger partial charge in [-0.25, -0.2) is 4.79 Å². The van der Waals surface area contributed by atoms with Crippen LogP contribution < -0.4 is 4.74 Å². The van der Waals surface area contributed by atoms with Gasteiger partial charge in [0.1, 0.15) is 5.75 Å². The highest BCUT2D eigenvalue weighted by atomic mass is 16.5. The number of ether oxygens (including phenoxy) is 2. The van der Waals surface area contributed by atoms with E-state index in [0.717, 1.165) is 36.3 Å². The first-order valence-corrected chi connectivity index (χ1v) is 8.51. The van der Waals surface area contributed by atoms with Crippen molar-refractivity contribution in [3.63, 3.8) is 0 Å². The summed E-state index contributed by atoms with van der Waals surface area (Å²) in [6.45, 7) is 9.38. The summed E-state index contributed by atoms with van der Waals surface area (Å²) in [6.07, 6.45) is 6.97. The molecule has 1 rings (SSSR count). The maximum absolute atomic E-state index is 11.9. The van der Waals surface area contributed by atoms with E-state index in [2.05, 4.69) is 6.92 Å². The van der Waals surface area contributed by atoms with Gasteiger partial charge in [0.25, 0.3) is 0 Å². The lowest BCUT2D eigenvalue weighted by atomic mass is 10.1. The van der Waals surface area contributed by atoms with Gasteiger partial charge in [0.2, 0.25) is 0 Å². The summed E-state index contributed by atoms with van der Waals surface area (Å²) in [5.41, 5.74) is 2.60. The van der Waals surface area contributed by atoms with Crippen molar-refractivity contribution in [1.29, 1.82) is 0 Å². The van der Waals surface area contributed by atoms with Gasteiger partial charge in [-0.1, -0.05) is 39.5 Å². The average Bonchev–Trinajstić information content (AvgIpc) is 2.50. The summed E-state index contributed by atoms with van der Waals surface area (Å²) in [6, 6.07) is 3.72. The SMILES string of the molecule is CCCCCCCOc1c(C)cc(C(=O)OCCC)cc1C. The monoisotopic (exact) mass is 306 g/mol. The summed E-state index contributed by atoms with van der Waals surface area (Å²) >= 11 is 0. The summed E-state index contributed by atoms with van der Waals surface area (Å²) in [5.74, 6) is 0.654. The number of unbranched alkanes of at least 4 members (excludes halogenated alkanes) is 4. The average molecular weight is 306 g/mol. The van der Waals surface area contributed by atoms with Gasteiger partial charge < -0.3 is 9.47 Å². The first-order chi connectivity index (χ1) is 10.6. The molecule has 0 spiro atoms. The zero-order chi connectivity index (χ0) is 16.4. The van der Waals surface area contributed by atoms with Crippen molar-refractivity contribution in [1.82, 2.24) is 0 Å². The van der Waals surface area contributed by atoms with E-state index in [1.165, 1.54) is 25.7 Å². The lowest BCUT2D eigenvalue weighted by Gasteiger charge is -2.14. The summed E-state index contributed by atoms with van der Waals surface area (Å²) in [5, 5.41) is 0. The highest BCUT2D eigenvalue weighted by Crippen LogP contribution is 2.25. The predicted molar refractivity (Wildman–Crippen MR) is 90.7 cm³/mol. The molecule has 0 saturated heterocycles. The van der Waals surface area contributed by atoms with E-state index in [4.69, 9.17) is 9.47 Å². The van der Waals surface area contributed by atoms with Crippen LogP contribution in [0, 0.1) is 13.8 Å². The third-order valence-corrected chi connectivity index (χ3v) is 3.63. The number of aryl methyl sites for hydroxylation is 2. The zero-order valence-corrected chi connectivity index (χ0v) is 14.5. The minimum atomic E-state index is -0.251. The van der Waals surface area contributed by atoms with Gasteiger partial charge in [-0.3, -0.25) is 0 Å². The standard InChI is InChI=1S/C19H30O3/c1-5-7-8-9-10-12-21-18-15(3)13-17(14-16(18)4)19(20)22-11-6-2/h13-14H,5-12H2,1-4H3. The molecule has 1 aromatic carbocycles. The normalized spacial score (nSPS) is 10.5. The Morgan fingerprint density at radius 3 is 2.14 bits per heavy atom. The van der Waals surface area contributed by atoms with Crippen LogP contribution in [0.25, 0.3) is 0 Å². The van der Waals surface area contributed by atoms with Crippen LogP contribution in [-0.2, 0) is 4.74 Å². The zero-order valence-electron chi connectivity index (χ0n) is 14.5. The van der Waals surface area contributed by atoms with E-state index in [1.54, 1.807) is 0 Å². The summed E-state index contributed by atoms with van der Waals surface area (Å²) in [4.78, 5) is 11.9. The first kappa shape index (κ1) is 18.5. The minimum Gasteiger partial charge on any atom is -0.493 e. The molecule has 0 radical (unpaired) electrons. The second kappa shape index (κ2) is 10.3. The first-order valence-electron chi connectivity index (χ1n) is 8.51. The number of esters is 1. The van der Waals surface area contributed by atoms with Gasteiger partial charge in [-0.15, -0.1) is 0 Å². The number of hydrogen-bond acceptors (Lipinski definition) is 3. The van der Waals surface area contributed by atoms with Crippen molar-refractivity contribution in [3.8, 4) is 5.75 Å². The Morgan fingerprint density at radius 1 is 0.909 bits per heavy atom. The highest BCUT2D eigenvalue weighted by molar-refractivity contribution is 5.90. The predicted octanol–water partition coefficient (Wildman–Crippen LogP) is 5.22. The van der Waals surface area contributed by atoms with E-state index in [9.17, 15) is 4.79 Å². The van der Waals surface area contributed by atoms with Crippen LogP contribution in [-0.4, -0.2) is 19.2 Å². The molecule has 124 valence electrons. The molecule has 1 aromatic rings. The number of rotatable bonds is 10. The van der Waals surface area contributed by atoms with E-state index < -0.39 is 0 Å². The molecule has 3 heteroatoms. The van der Waals surface area contributed by atoms with Crippen LogP contribution in [0.1, 0.15) is 73.9 Å². The second-order valence-corrected chi connectivity index (χ2v) is 5.84. The van der Waals surface area contributed by atoms with Gasteiger partial charge in [-0.05, 0) is 49.9 Å². The van der Waals surface area contributed by atoms with E-state index in [0.29, 0.717) is 12.2 Å². The Labute approximate surface area is 135 Å². The topological polar surface area (TPSA) is 35.5 Å². The van der Waals surface area contributed by atoms with Crippen molar-refractivity contribution in [2.45, 2.75) is 66.2 Å². The van der Waals surface area contributed by atoms with Gasteiger partial charge in [0.15, 0.2) is 0 Å². The smallest absolute Gasteiger partial charge is 0.338 e. The fourth-order valence-corrected chi connectivity index (χ4v) is 2.45. The molecule has 0 aliphatic carbocycles. The summed E-state index contributed by atoms with van der Waals surface area (Å²) < 4.78 is 11.1. The molecule has 0 aliphatic heterocycles. The third-order valence-electron chi connectivity index (χ3n) is 3.63. The molecule has 0 fully saturated rings. The fourth-order valence-electron chi connectivity index (χ4n) is 2.45. The number of hydrogen-bond donors (Lipinski definition) is 0. The number of carbonyl (C=O) groups excluding carboxylic acids is 1. The van der Waals surface area contributed by atoms with Crippen molar-refractivity contribution >= 4 is 5.97 Å². The third kappa shape index (κ3) is 6.08. The highest BCUT2D eigenvalue weighted by Gasteiger charge is 2.12. The lowest BCUT2D eigenvalue weighted by Crippen LogP contribution is -2.08. The van der Waals surface area contributed by atoms with E-state index in [-0.39, 0.29) is 5.97 Å². The van der Waals surface area contributed by atoms with Gasteiger partial charge in [0, 0.05) is 0 Å². The van der Waals surface area contributed by atoms with Crippen LogP contribution in [0.2, 0.25) is 0 Å². The molecule has 0 atom stereocenters. The maximum Gasteiger partial charge on any atom is 0.338 e. The van der Waals surface area contributed by atoms with Crippen molar-refractivity contribution in [2.24, 2.45) is 0 Å². The van der Waals surface area contributed by atoms with Gasteiger partial charge in [-0.2, -0.15) is 0 Å². The van der Waals surface area contributed by atoms with Crippen LogP contribution in [0.3, 0.4) is 0 Å². The Bertz CT molecular complexity index is 443. The lowest BCUT2D eigenvalue weighted by molar-refractivity contribution is 0.0505. The molecule has 0 saturated carbocycles. The molecule has 0 bridgehead atoms. The van der Waals surface area contributed by atoms with Crippen LogP contribution >= 0.6 is 0 Å². The number of carbonyl (C=O) groups is 1. The van der Waals surface area contributed by atoms with Crippen molar-refractivity contribution in [3.05, 3.63) is 28.8 Å². The minimum absolute atomic E-state index is 0.251. The molecule has 0 aromatic heterocycles. The van der Waals surface area contributed by atoms with Crippen molar-refractivity contribution in [2.75, 3.05) is 13.2 Å². The molecule has 0 unspecified atom stereocenters. The van der Waals surface area contributed by atoms with Gasteiger partial charge in [0.05, 0.1) is 18.8 Å². The molecular formula is C19H30O3. The summed E-state index contributed by atoms with van der Waals surface area (Å²) in [7, 11) is 0. The largest absolute Gasteiger partial charge is 0.493 e. The molecule has 0 N–H and O–H groups in total. The van der Waals surface area contributed by atoms with Crippen LogP contribution in [0.5, 0.6) is 5.75 Å². The van der Waals surface area contributed by atoms with E-state index in [1.807, 2.05) is 32.9 Å². The Hall–Kier alpha value is -1.51. The second-order valence-electron chi connectivity index (χ2n) is 5.84. The van der Waals surface area contributed by atoms with E-state index >= 15 is 0 Å². The Kier molecular flexibility index (Phi) is 8.64.